The van der Waals surface area contributed by atoms with E-state index in [-0.39, 0.29) is 11.7 Å². The topological polar surface area (TPSA) is 56.7 Å². The Hall–Kier alpha value is -2.61. The molecule has 1 aliphatic carbocycles. The quantitative estimate of drug-likeness (QED) is 0.262. The van der Waals surface area contributed by atoms with E-state index in [0.29, 0.717) is 24.3 Å². The molecule has 3 atom stereocenters. The van der Waals surface area contributed by atoms with Crippen LogP contribution in [0.3, 0.4) is 0 Å². The van der Waals surface area contributed by atoms with Crippen molar-refractivity contribution >= 4 is 17.3 Å². The molecule has 0 unspecified atom stereocenters. The molecule has 1 aromatic heterocycles. The number of benzene rings is 2. The highest BCUT2D eigenvalue weighted by Crippen LogP contribution is 2.40. The number of likely N-dealkylation sites (tertiary alicyclic amines) is 2. The summed E-state index contributed by atoms with van der Waals surface area (Å²) in [6.45, 7) is 6.69. The number of carboxylic acids is 1. The third kappa shape index (κ3) is 6.79. The standard InChI is InChI=1S/C35H44FN3O2S/c1-2-31-34(42-33(37-31)19-25-8-4-3-5-9-25)26-14-16-38(17-15-26)21-28-22-39(32(35(40)41)18-24-10-6-11-24)23-30(28)27-12-7-13-29(36)20-27/h3-5,7-9,12-13,20,24,26,28,30,32H,2,6,10-11,14-19,21-23H2,1H3,(H,40,41)/t28-,30+,32+/m0/s1. The minimum absolute atomic E-state index is 0.149. The molecular weight excluding hydrogens is 545 g/mol. The van der Waals surface area contributed by atoms with Gasteiger partial charge in [-0.3, -0.25) is 9.69 Å². The summed E-state index contributed by atoms with van der Waals surface area (Å²) < 4.78 is 14.3. The van der Waals surface area contributed by atoms with Crippen LogP contribution in [-0.4, -0.2) is 64.6 Å². The molecule has 3 fully saturated rings. The molecule has 3 aliphatic rings. The van der Waals surface area contributed by atoms with Crippen LogP contribution < -0.4 is 0 Å². The van der Waals surface area contributed by atoms with Gasteiger partial charge >= 0.3 is 5.97 Å². The van der Waals surface area contributed by atoms with Gasteiger partial charge in [-0.15, -0.1) is 11.3 Å². The zero-order chi connectivity index (χ0) is 29.1. The van der Waals surface area contributed by atoms with Crippen molar-refractivity contribution in [3.63, 3.8) is 0 Å². The van der Waals surface area contributed by atoms with E-state index in [1.54, 1.807) is 12.1 Å². The molecule has 2 saturated heterocycles. The molecular formula is C35H44FN3O2S. The highest BCUT2D eigenvalue weighted by atomic mass is 32.1. The number of carboxylic acid groups (broad SMARTS) is 1. The molecule has 224 valence electrons. The van der Waals surface area contributed by atoms with Crippen LogP contribution in [0.1, 0.15) is 84.0 Å². The average Bonchev–Trinajstić information content (AvgIpc) is 3.57. The normalized spacial score (nSPS) is 23.2. The van der Waals surface area contributed by atoms with E-state index >= 15 is 0 Å². The lowest BCUT2D eigenvalue weighted by atomic mass is 9.80. The fourth-order valence-corrected chi connectivity index (χ4v) is 8.81. The van der Waals surface area contributed by atoms with Crippen LogP contribution in [0.2, 0.25) is 0 Å². The van der Waals surface area contributed by atoms with Gasteiger partial charge in [-0.2, -0.15) is 0 Å². The van der Waals surface area contributed by atoms with E-state index in [9.17, 15) is 14.3 Å². The van der Waals surface area contributed by atoms with Gasteiger partial charge in [-0.25, -0.2) is 9.37 Å². The maximum atomic E-state index is 14.3. The third-order valence-electron chi connectivity index (χ3n) is 10.0. The van der Waals surface area contributed by atoms with Crippen molar-refractivity contribution in [2.75, 3.05) is 32.7 Å². The summed E-state index contributed by atoms with van der Waals surface area (Å²) in [5.41, 5.74) is 3.59. The number of aryl methyl sites for hydroxylation is 1. The second-order valence-electron chi connectivity index (χ2n) is 12.8. The first-order valence-electron chi connectivity index (χ1n) is 15.9. The van der Waals surface area contributed by atoms with Gasteiger partial charge in [0.1, 0.15) is 11.9 Å². The Balaban J connectivity index is 1.12. The van der Waals surface area contributed by atoms with Gasteiger partial charge < -0.3 is 10.0 Å². The van der Waals surface area contributed by atoms with Crippen molar-refractivity contribution < 1.29 is 14.3 Å². The third-order valence-corrected chi connectivity index (χ3v) is 11.3. The molecule has 5 nitrogen and oxygen atoms in total. The van der Waals surface area contributed by atoms with Crippen molar-refractivity contribution in [1.29, 1.82) is 0 Å². The first kappa shape index (κ1) is 29.5. The lowest BCUT2D eigenvalue weighted by molar-refractivity contribution is -0.144. The molecule has 0 spiro atoms. The van der Waals surface area contributed by atoms with Gasteiger partial charge in [0.05, 0.1) is 10.7 Å². The van der Waals surface area contributed by atoms with E-state index in [4.69, 9.17) is 4.98 Å². The second kappa shape index (κ2) is 13.4. The van der Waals surface area contributed by atoms with Gasteiger partial charge in [-0.1, -0.05) is 68.7 Å². The van der Waals surface area contributed by atoms with Crippen molar-refractivity contribution in [2.24, 2.45) is 11.8 Å². The first-order chi connectivity index (χ1) is 20.5. The van der Waals surface area contributed by atoms with Crippen molar-refractivity contribution in [1.82, 2.24) is 14.8 Å². The molecule has 1 N–H and O–H groups in total. The first-order valence-corrected chi connectivity index (χ1v) is 16.8. The van der Waals surface area contributed by atoms with Crippen molar-refractivity contribution in [3.8, 4) is 0 Å². The van der Waals surface area contributed by atoms with Crippen molar-refractivity contribution in [2.45, 2.75) is 76.2 Å². The molecule has 0 amide bonds. The van der Waals surface area contributed by atoms with Crippen LogP contribution in [0, 0.1) is 17.7 Å². The Labute approximate surface area is 253 Å². The molecule has 6 rings (SSSR count). The number of halogens is 1. The van der Waals surface area contributed by atoms with Crippen LogP contribution in [0.25, 0.3) is 0 Å². The molecule has 42 heavy (non-hydrogen) atoms. The fraction of sp³-hybridized carbons (Fsp3) is 0.543. The lowest BCUT2D eigenvalue weighted by Crippen LogP contribution is -2.43. The smallest absolute Gasteiger partial charge is 0.320 e. The predicted octanol–water partition coefficient (Wildman–Crippen LogP) is 6.97. The molecule has 0 bridgehead atoms. The lowest BCUT2D eigenvalue weighted by Gasteiger charge is -2.35. The minimum atomic E-state index is -0.704. The summed E-state index contributed by atoms with van der Waals surface area (Å²) in [6.07, 6.45) is 8.38. The van der Waals surface area contributed by atoms with Crippen LogP contribution >= 0.6 is 11.3 Å². The molecule has 3 heterocycles. The van der Waals surface area contributed by atoms with E-state index < -0.39 is 12.0 Å². The van der Waals surface area contributed by atoms with Gasteiger partial charge in [0.2, 0.25) is 0 Å². The summed E-state index contributed by atoms with van der Waals surface area (Å²) >= 11 is 1.91. The minimum Gasteiger partial charge on any atom is -0.480 e. The Morgan fingerprint density at radius 1 is 1.07 bits per heavy atom. The predicted molar refractivity (Wildman–Crippen MR) is 167 cm³/mol. The SMILES string of the molecule is CCc1nc(Cc2ccccc2)sc1C1CCN(C[C@H]2CN([C@H](CC3CCC3)C(=O)O)C[C@@H]2c2cccc(F)c2)CC1. The molecule has 2 aromatic carbocycles. The Morgan fingerprint density at radius 2 is 1.86 bits per heavy atom. The number of nitrogens with zero attached hydrogens (tertiary/aromatic N) is 3. The maximum absolute atomic E-state index is 14.3. The number of carbonyl (C=O) groups is 1. The largest absolute Gasteiger partial charge is 0.480 e. The van der Waals surface area contributed by atoms with Crippen molar-refractivity contribution in [3.05, 3.63) is 87.1 Å². The Bertz CT molecular complexity index is 1340. The van der Waals surface area contributed by atoms with E-state index in [0.717, 1.165) is 76.7 Å². The summed E-state index contributed by atoms with van der Waals surface area (Å²) in [7, 11) is 0. The molecule has 7 heteroatoms. The number of hydrogen-bond acceptors (Lipinski definition) is 5. The molecule has 1 saturated carbocycles. The highest BCUT2D eigenvalue weighted by molar-refractivity contribution is 7.11. The van der Waals surface area contributed by atoms with Crippen LogP contribution in [0.15, 0.2) is 54.6 Å². The summed E-state index contributed by atoms with van der Waals surface area (Å²) in [5.74, 6) is 0.608. The number of rotatable bonds is 11. The number of hydrogen-bond donors (Lipinski definition) is 1. The Morgan fingerprint density at radius 3 is 2.52 bits per heavy atom. The van der Waals surface area contributed by atoms with Gasteiger partial charge in [0.25, 0.3) is 0 Å². The molecule has 0 radical (unpaired) electrons. The zero-order valence-corrected chi connectivity index (χ0v) is 25.6. The summed E-state index contributed by atoms with van der Waals surface area (Å²) in [5, 5.41) is 11.4. The zero-order valence-electron chi connectivity index (χ0n) is 24.8. The monoisotopic (exact) mass is 589 g/mol. The number of thiazole rings is 1. The summed E-state index contributed by atoms with van der Waals surface area (Å²) in [4.78, 5) is 23.7. The maximum Gasteiger partial charge on any atom is 0.320 e. The van der Waals surface area contributed by atoms with E-state index in [1.165, 1.54) is 33.6 Å². The van der Waals surface area contributed by atoms with Crippen LogP contribution in [0.5, 0.6) is 0 Å². The van der Waals surface area contributed by atoms with Gasteiger partial charge in [0.15, 0.2) is 0 Å². The molecule has 3 aromatic rings. The second-order valence-corrected chi connectivity index (χ2v) is 13.9. The number of piperidine rings is 1. The van der Waals surface area contributed by atoms with E-state index in [2.05, 4.69) is 47.1 Å². The number of aromatic nitrogens is 1. The van der Waals surface area contributed by atoms with E-state index in [1.807, 2.05) is 17.4 Å². The van der Waals surface area contributed by atoms with Crippen LogP contribution in [-0.2, 0) is 17.6 Å². The fourth-order valence-electron chi connectivity index (χ4n) is 7.45. The molecule has 2 aliphatic heterocycles. The average molecular weight is 590 g/mol. The van der Waals surface area contributed by atoms with Crippen LogP contribution in [0.4, 0.5) is 4.39 Å². The van der Waals surface area contributed by atoms with Gasteiger partial charge in [-0.05, 0) is 79.8 Å². The highest BCUT2D eigenvalue weighted by Gasteiger charge is 2.41. The number of aliphatic carboxylic acids is 1. The van der Waals surface area contributed by atoms with Gasteiger partial charge in [0, 0.05) is 36.9 Å². The summed E-state index contributed by atoms with van der Waals surface area (Å²) in [6, 6.07) is 17.2. The Kier molecular flexibility index (Phi) is 9.37.